The molecular weight excluding hydrogens is 484 g/mol. The smallest absolute Gasteiger partial charge is 0.238 e. The molecule has 10 heteroatoms. The zero-order valence-corrected chi connectivity index (χ0v) is 20.2. The molecule has 0 aliphatic heterocycles. The molecule has 0 fully saturated rings. The summed E-state index contributed by atoms with van der Waals surface area (Å²) in [7, 11) is -7.42. The molecule has 0 saturated heterocycles. The second-order valence-corrected chi connectivity index (χ2v) is 11.1. The van der Waals surface area contributed by atoms with Crippen molar-refractivity contribution < 1.29 is 16.8 Å². The number of rotatable bonds is 8. The van der Waals surface area contributed by atoms with E-state index < -0.39 is 20.0 Å². The summed E-state index contributed by atoms with van der Waals surface area (Å²) in [4.78, 5) is 0.138. The normalized spacial score (nSPS) is 11.7. The van der Waals surface area contributed by atoms with E-state index in [1.54, 1.807) is 24.3 Å². The molecular formula is C25H24N4O4S2. The molecule has 0 spiro atoms. The summed E-state index contributed by atoms with van der Waals surface area (Å²) in [5, 5.41) is 16.7. The Labute approximate surface area is 204 Å². The van der Waals surface area contributed by atoms with Crippen molar-refractivity contribution in [3.8, 4) is 0 Å². The van der Waals surface area contributed by atoms with E-state index in [-0.39, 0.29) is 9.79 Å². The van der Waals surface area contributed by atoms with Crippen LogP contribution in [0.15, 0.2) is 107 Å². The molecule has 0 aliphatic rings. The van der Waals surface area contributed by atoms with Gasteiger partial charge < -0.3 is 10.6 Å². The summed E-state index contributed by atoms with van der Waals surface area (Å²) in [5.74, 6) is 0. The number of anilines is 4. The van der Waals surface area contributed by atoms with Gasteiger partial charge in [0.25, 0.3) is 0 Å². The highest BCUT2D eigenvalue weighted by Crippen LogP contribution is 2.22. The second kappa shape index (κ2) is 9.88. The molecule has 0 radical (unpaired) electrons. The highest BCUT2D eigenvalue weighted by Gasteiger charge is 2.08. The molecule has 0 saturated carbocycles. The summed E-state index contributed by atoms with van der Waals surface area (Å²) >= 11 is 0. The summed E-state index contributed by atoms with van der Waals surface area (Å²) in [6, 6.07) is 28.5. The minimum absolute atomic E-state index is 0.0690. The summed E-state index contributed by atoms with van der Waals surface area (Å²) < 4.78 is 45.5. The fraction of sp³-hybridized carbons (Fsp3) is 0.0400. The lowest BCUT2D eigenvalue weighted by molar-refractivity contribution is 0.596. The first kappa shape index (κ1) is 24.4. The molecule has 0 aromatic heterocycles. The Hall–Kier alpha value is -3.70. The van der Waals surface area contributed by atoms with Crippen molar-refractivity contribution in [2.24, 2.45) is 10.3 Å². The minimum atomic E-state index is -3.71. The van der Waals surface area contributed by atoms with Crippen molar-refractivity contribution in [2.45, 2.75) is 16.2 Å². The molecule has 0 amide bonds. The highest BCUT2D eigenvalue weighted by molar-refractivity contribution is 7.89. The van der Waals surface area contributed by atoms with Gasteiger partial charge >= 0.3 is 0 Å². The van der Waals surface area contributed by atoms with Gasteiger partial charge in [-0.1, -0.05) is 24.3 Å². The van der Waals surface area contributed by atoms with Gasteiger partial charge in [0.1, 0.15) is 0 Å². The third-order valence-electron chi connectivity index (χ3n) is 5.26. The predicted octanol–water partition coefficient (Wildman–Crippen LogP) is 4.06. The monoisotopic (exact) mass is 508 g/mol. The number of hydrogen-bond acceptors (Lipinski definition) is 6. The fourth-order valence-corrected chi connectivity index (χ4v) is 4.47. The lowest BCUT2D eigenvalue weighted by Crippen LogP contribution is -2.11. The van der Waals surface area contributed by atoms with Gasteiger partial charge in [0.05, 0.1) is 9.79 Å². The molecule has 6 N–H and O–H groups in total. The molecule has 4 rings (SSSR count). The van der Waals surface area contributed by atoms with Crippen LogP contribution in [0.2, 0.25) is 0 Å². The first-order valence-corrected chi connectivity index (χ1v) is 13.6. The van der Waals surface area contributed by atoms with Gasteiger partial charge in [0.2, 0.25) is 20.0 Å². The average Bonchev–Trinajstić information content (AvgIpc) is 2.81. The molecule has 180 valence electrons. The van der Waals surface area contributed by atoms with Gasteiger partial charge in [0.15, 0.2) is 0 Å². The Kier molecular flexibility index (Phi) is 6.90. The first-order valence-electron chi connectivity index (χ1n) is 10.5. The number of nitrogens with two attached hydrogens (primary N) is 2. The maximum atomic E-state index is 11.4. The van der Waals surface area contributed by atoms with Crippen molar-refractivity contribution in [1.29, 1.82) is 0 Å². The van der Waals surface area contributed by atoms with Crippen LogP contribution in [0.4, 0.5) is 22.7 Å². The van der Waals surface area contributed by atoms with Gasteiger partial charge in [-0.2, -0.15) is 0 Å². The van der Waals surface area contributed by atoms with Gasteiger partial charge in [-0.15, -0.1) is 0 Å². The molecule has 0 unspecified atom stereocenters. The molecule has 4 aromatic carbocycles. The van der Waals surface area contributed by atoms with E-state index >= 15 is 0 Å². The number of sulfonamides is 2. The van der Waals surface area contributed by atoms with Gasteiger partial charge in [0, 0.05) is 22.7 Å². The minimum Gasteiger partial charge on any atom is -0.356 e. The van der Waals surface area contributed by atoms with E-state index in [1.807, 2.05) is 48.5 Å². The van der Waals surface area contributed by atoms with Crippen molar-refractivity contribution in [2.75, 3.05) is 10.6 Å². The molecule has 35 heavy (non-hydrogen) atoms. The van der Waals surface area contributed by atoms with E-state index in [0.29, 0.717) is 0 Å². The van der Waals surface area contributed by atoms with Crippen molar-refractivity contribution in [1.82, 2.24) is 0 Å². The van der Waals surface area contributed by atoms with Crippen molar-refractivity contribution >= 4 is 42.8 Å². The topological polar surface area (TPSA) is 144 Å². The van der Waals surface area contributed by atoms with Crippen LogP contribution in [0, 0.1) is 0 Å². The Bertz CT molecular complexity index is 1400. The zero-order chi connectivity index (χ0) is 25.1. The summed E-state index contributed by atoms with van der Waals surface area (Å²) in [5.41, 5.74) is 5.55. The van der Waals surface area contributed by atoms with Gasteiger partial charge in [-0.05, 0) is 90.3 Å². The summed E-state index contributed by atoms with van der Waals surface area (Å²) in [6.45, 7) is 0. The highest BCUT2D eigenvalue weighted by atomic mass is 32.2. The SMILES string of the molecule is NS(=O)(=O)c1ccc(Nc2ccc(Cc3ccc(Nc4ccc(S(N)(=O)=O)cc4)cc3)cc2)cc1. The van der Waals surface area contributed by atoms with Crippen LogP contribution in [0.25, 0.3) is 0 Å². The molecule has 0 atom stereocenters. The van der Waals surface area contributed by atoms with E-state index in [9.17, 15) is 16.8 Å². The summed E-state index contributed by atoms with van der Waals surface area (Å²) in [6.07, 6.45) is 0.757. The maximum absolute atomic E-state index is 11.4. The van der Waals surface area contributed by atoms with Crippen LogP contribution in [0.5, 0.6) is 0 Å². The second-order valence-electron chi connectivity index (χ2n) is 7.96. The van der Waals surface area contributed by atoms with Crippen LogP contribution in [-0.4, -0.2) is 16.8 Å². The third-order valence-corrected chi connectivity index (χ3v) is 7.12. The van der Waals surface area contributed by atoms with Crippen LogP contribution < -0.4 is 20.9 Å². The van der Waals surface area contributed by atoms with Crippen LogP contribution in [-0.2, 0) is 26.5 Å². The van der Waals surface area contributed by atoms with E-state index in [2.05, 4.69) is 10.6 Å². The Morgan fingerprint density at radius 2 is 0.714 bits per heavy atom. The zero-order valence-electron chi connectivity index (χ0n) is 18.5. The van der Waals surface area contributed by atoms with Crippen LogP contribution in [0.1, 0.15) is 11.1 Å². The molecule has 0 aliphatic carbocycles. The number of hydrogen-bond donors (Lipinski definition) is 4. The van der Waals surface area contributed by atoms with E-state index in [0.717, 1.165) is 40.3 Å². The standard InChI is InChI=1S/C25H24N4O4S2/c26-34(30,31)24-13-9-22(10-14-24)28-20-5-1-18(2-6-20)17-19-3-7-21(8-4-19)29-23-11-15-25(16-12-23)35(27,32)33/h1-16,28-29H,17H2,(H2,26,30,31)(H2,27,32,33). The lowest BCUT2D eigenvalue weighted by atomic mass is 10.0. The number of benzene rings is 4. The Balaban J connectivity index is 1.35. The maximum Gasteiger partial charge on any atom is 0.238 e. The molecule has 0 bridgehead atoms. The van der Waals surface area contributed by atoms with E-state index in [1.165, 1.54) is 24.3 Å². The third kappa shape index (κ3) is 6.67. The van der Waals surface area contributed by atoms with Crippen LogP contribution in [0.3, 0.4) is 0 Å². The predicted molar refractivity (Wildman–Crippen MR) is 138 cm³/mol. The Morgan fingerprint density at radius 1 is 0.457 bits per heavy atom. The average molecular weight is 509 g/mol. The first-order chi connectivity index (χ1) is 16.6. The Morgan fingerprint density at radius 3 is 0.971 bits per heavy atom. The van der Waals surface area contributed by atoms with Gasteiger partial charge in [-0.3, -0.25) is 0 Å². The largest absolute Gasteiger partial charge is 0.356 e. The molecule has 8 nitrogen and oxygen atoms in total. The molecule has 0 heterocycles. The fourth-order valence-electron chi connectivity index (χ4n) is 3.44. The number of nitrogens with one attached hydrogen (secondary N) is 2. The van der Waals surface area contributed by atoms with Crippen molar-refractivity contribution in [3.63, 3.8) is 0 Å². The molecule has 4 aromatic rings. The quantitative estimate of drug-likeness (QED) is 0.282. The lowest BCUT2D eigenvalue weighted by Gasteiger charge is -2.10. The van der Waals surface area contributed by atoms with Gasteiger partial charge in [-0.25, -0.2) is 27.1 Å². The van der Waals surface area contributed by atoms with Crippen molar-refractivity contribution in [3.05, 3.63) is 108 Å². The number of primary sulfonamides is 2. The van der Waals surface area contributed by atoms with Crippen LogP contribution >= 0.6 is 0 Å². The van der Waals surface area contributed by atoms with E-state index in [4.69, 9.17) is 10.3 Å².